The molecule has 2 heterocycles. The van der Waals surface area contributed by atoms with Crippen LogP contribution in [0.4, 0.5) is 0 Å². The normalized spacial score (nSPS) is 44.2. The maximum Gasteiger partial charge on any atom is 0.0951 e. The molecule has 2 atom stereocenters. The molecule has 0 radical (unpaired) electrons. The van der Waals surface area contributed by atoms with Gasteiger partial charge in [0.25, 0.3) is 0 Å². The van der Waals surface area contributed by atoms with Gasteiger partial charge in [-0.2, -0.15) is 0 Å². The molecule has 1 N–H and O–H groups in total. The van der Waals surface area contributed by atoms with Crippen LogP contribution in [-0.4, -0.2) is 50.2 Å². The lowest BCUT2D eigenvalue weighted by molar-refractivity contribution is -0.0944. The monoisotopic (exact) mass is 255 g/mol. The summed E-state index contributed by atoms with van der Waals surface area (Å²) in [5.74, 6) is 0. The Kier molecular flexibility index (Phi) is 3.89. The van der Waals surface area contributed by atoms with Gasteiger partial charge in [-0.3, -0.25) is 0 Å². The van der Waals surface area contributed by atoms with Gasteiger partial charge in [0.2, 0.25) is 0 Å². The summed E-state index contributed by atoms with van der Waals surface area (Å²) in [6.07, 6.45) is 6.16. The van der Waals surface area contributed by atoms with E-state index < -0.39 is 0 Å². The van der Waals surface area contributed by atoms with Crippen molar-refractivity contribution in [2.24, 2.45) is 0 Å². The lowest BCUT2D eigenvalue weighted by Crippen LogP contribution is -2.54. The first kappa shape index (κ1) is 12.9. The molecule has 104 valence electrons. The second-order valence-electron chi connectivity index (χ2n) is 5.94. The highest BCUT2D eigenvalue weighted by Gasteiger charge is 2.42. The predicted molar refractivity (Wildman–Crippen MR) is 68.7 cm³/mol. The van der Waals surface area contributed by atoms with Crippen molar-refractivity contribution in [1.82, 2.24) is 5.32 Å². The molecule has 2 aliphatic heterocycles. The summed E-state index contributed by atoms with van der Waals surface area (Å²) in [4.78, 5) is 0. The van der Waals surface area contributed by atoms with Crippen molar-refractivity contribution in [3.63, 3.8) is 0 Å². The molecular formula is C14H25NO3. The van der Waals surface area contributed by atoms with Crippen LogP contribution in [0.2, 0.25) is 0 Å². The van der Waals surface area contributed by atoms with Gasteiger partial charge in [0, 0.05) is 38.3 Å². The summed E-state index contributed by atoms with van der Waals surface area (Å²) in [6, 6.07) is 1.26. The van der Waals surface area contributed by atoms with Crippen LogP contribution in [0.15, 0.2) is 0 Å². The summed E-state index contributed by atoms with van der Waals surface area (Å²) in [7, 11) is 0. The number of nitrogens with one attached hydrogen (secondary N) is 1. The third-order valence-electron chi connectivity index (χ3n) is 4.53. The van der Waals surface area contributed by atoms with Crippen LogP contribution in [-0.2, 0) is 14.2 Å². The molecule has 0 bridgehead atoms. The van der Waals surface area contributed by atoms with Gasteiger partial charge in [0.1, 0.15) is 0 Å². The van der Waals surface area contributed by atoms with Crippen molar-refractivity contribution in [1.29, 1.82) is 0 Å². The molecule has 3 fully saturated rings. The molecular weight excluding hydrogens is 230 g/mol. The minimum Gasteiger partial charge on any atom is -0.378 e. The lowest BCUT2D eigenvalue weighted by Gasteiger charge is -2.42. The van der Waals surface area contributed by atoms with E-state index in [9.17, 15) is 0 Å². The third-order valence-corrected chi connectivity index (χ3v) is 4.53. The SMILES string of the molecule is CCOC1CC(NC2CCOC3(CCOC3)C2)C1. The average Bonchev–Trinajstić information content (AvgIpc) is 2.75. The highest BCUT2D eigenvalue weighted by atomic mass is 16.6. The standard InChI is InChI=1S/C14H25NO3/c1-2-17-13-7-12(8-13)15-11-3-5-18-14(9-11)4-6-16-10-14/h11-13,15H,2-10H2,1H3. The van der Waals surface area contributed by atoms with E-state index in [1.807, 2.05) is 0 Å². The minimum atomic E-state index is 0.0268. The second-order valence-corrected chi connectivity index (χ2v) is 5.94. The summed E-state index contributed by atoms with van der Waals surface area (Å²) < 4.78 is 17.1. The molecule has 3 aliphatic rings. The first-order chi connectivity index (χ1) is 8.80. The fraction of sp³-hybridized carbons (Fsp3) is 1.00. The van der Waals surface area contributed by atoms with E-state index in [1.54, 1.807) is 0 Å². The molecule has 0 aromatic heterocycles. The van der Waals surface area contributed by atoms with Crippen LogP contribution in [0.1, 0.15) is 39.0 Å². The Labute approximate surface area is 109 Å². The van der Waals surface area contributed by atoms with Crippen LogP contribution in [0.5, 0.6) is 0 Å². The molecule has 18 heavy (non-hydrogen) atoms. The minimum absolute atomic E-state index is 0.0268. The van der Waals surface area contributed by atoms with Gasteiger partial charge >= 0.3 is 0 Å². The maximum atomic E-state index is 5.96. The molecule has 2 unspecified atom stereocenters. The van der Waals surface area contributed by atoms with E-state index in [0.717, 1.165) is 45.7 Å². The van der Waals surface area contributed by atoms with Crippen LogP contribution >= 0.6 is 0 Å². The van der Waals surface area contributed by atoms with Crippen LogP contribution in [0, 0.1) is 0 Å². The van der Waals surface area contributed by atoms with Gasteiger partial charge in [0.15, 0.2) is 0 Å². The van der Waals surface area contributed by atoms with Crippen molar-refractivity contribution in [2.75, 3.05) is 26.4 Å². The lowest BCUT2D eigenvalue weighted by atomic mass is 9.85. The van der Waals surface area contributed by atoms with E-state index in [4.69, 9.17) is 14.2 Å². The van der Waals surface area contributed by atoms with E-state index in [0.29, 0.717) is 18.2 Å². The molecule has 2 saturated heterocycles. The summed E-state index contributed by atoms with van der Waals surface area (Å²) in [5.41, 5.74) is 0.0268. The Bertz CT molecular complexity index is 272. The molecule has 4 heteroatoms. The Morgan fingerprint density at radius 3 is 2.89 bits per heavy atom. The summed E-state index contributed by atoms with van der Waals surface area (Å²) in [5, 5.41) is 3.78. The Morgan fingerprint density at radius 1 is 1.28 bits per heavy atom. The predicted octanol–water partition coefficient (Wildman–Crippen LogP) is 1.48. The van der Waals surface area contributed by atoms with Gasteiger partial charge in [-0.15, -0.1) is 0 Å². The first-order valence-electron chi connectivity index (χ1n) is 7.39. The molecule has 0 amide bonds. The molecule has 0 aromatic carbocycles. The van der Waals surface area contributed by atoms with Gasteiger partial charge in [0.05, 0.1) is 18.3 Å². The van der Waals surface area contributed by atoms with E-state index >= 15 is 0 Å². The molecule has 1 spiro atoms. The van der Waals surface area contributed by atoms with Crippen LogP contribution in [0.3, 0.4) is 0 Å². The highest BCUT2D eigenvalue weighted by molar-refractivity contribution is 4.96. The third kappa shape index (κ3) is 2.72. The molecule has 3 rings (SSSR count). The van der Waals surface area contributed by atoms with Crippen molar-refractivity contribution in [2.45, 2.75) is 62.8 Å². The number of hydrogen-bond donors (Lipinski definition) is 1. The number of hydrogen-bond acceptors (Lipinski definition) is 4. The zero-order valence-electron chi connectivity index (χ0n) is 11.3. The van der Waals surface area contributed by atoms with Gasteiger partial charge < -0.3 is 19.5 Å². The van der Waals surface area contributed by atoms with E-state index in [-0.39, 0.29) is 5.60 Å². The number of ether oxygens (including phenoxy) is 3. The Morgan fingerprint density at radius 2 is 2.17 bits per heavy atom. The fourth-order valence-corrected chi connectivity index (χ4v) is 3.44. The zero-order valence-corrected chi connectivity index (χ0v) is 11.3. The zero-order chi connectivity index (χ0) is 12.4. The summed E-state index contributed by atoms with van der Waals surface area (Å²) in [6.45, 7) is 5.45. The van der Waals surface area contributed by atoms with E-state index in [1.165, 1.54) is 12.8 Å². The molecule has 1 saturated carbocycles. The van der Waals surface area contributed by atoms with Crippen molar-refractivity contribution >= 4 is 0 Å². The van der Waals surface area contributed by atoms with Crippen molar-refractivity contribution in [3.05, 3.63) is 0 Å². The van der Waals surface area contributed by atoms with Gasteiger partial charge in [-0.05, 0) is 32.6 Å². The smallest absolute Gasteiger partial charge is 0.0951 e. The van der Waals surface area contributed by atoms with Gasteiger partial charge in [-0.1, -0.05) is 0 Å². The maximum absolute atomic E-state index is 5.96. The fourth-order valence-electron chi connectivity index (χ4n) is 3.44. The Hall–Kier alpha value is -0.160. The first-order valence-corrected chi connectivity index (χ1v) is 7.39. The molecule has 4 nitrogen and oxygen atoms in total. The average molecular weight is 255 g/mol. The van der Waals surface area contributed by atoms with E-state index in [2.05, 4.69) is 12.2 Å². The topological polar surface area (TPSA) is 39.7 Å². The largest absolute Gasteiger partial charge is 0.378 e. The van der Waals surface area contributed by atoms with Crippen molar-refractivity contribution < 1.29 is 14.2 Å². The van der Waals surface area contributed by atoms with Gasteiger partial charge in [-0.25, -0.2) is 0 Å². The second kappa shape index (κ2) is 5.45. The van der Waals surface area contributed by atoms with Crippen molar-refractivity contribution in [3.8, 4) is 0 Å². The highest BCUT2D eigenvalue weighted by Crippen LogP contribution is 2.34. The number of rotatable bonds is 4. The molecule has 0 aromatic rings. The van der Waals surface area contributed by atoms with Crippen LogP contribution in [0.25, 0.3) is 0 Å². The molecule has 1 aliphatic carbocycles. The van der Waals surface area contributed by atoms with Crippen LogP contribution < -0.4 is 5.32 Å². The quantitative estimate of drug-likeness (QED) is 0.826. The summed E-state index contributed by atoms with van der Waals surface area (Å²) >= 11 is 0. The Balaban J connectivity index is 1.43.